The third-order valence-electron chi connectivity index (χ3n) is 1.97. The lowest BCUT2D eigenvalue weighted by Crippen LogP contribution is -2.10. The average Bonchev–Trinajstić information content (AvgIpc) is 2.25. The van der Waals surface area contributed by atoms with Crippen LogP contribution in [-0.4, -0.2) is 32.0 Å². The summed E-state index contributed by atoms with van der Waals surface area (Å²) in [4.78, 5) is 12.4. The number of thioether (sulfide) groups is 1. The topological polar surface area (TPSA) is 51.2 Å². The molecule has 1 aromatic rings. The molecule has 0 saturated carbocycles. The molecule has 0 radical (unpaired) electrons. The molecule has 0 saturated heterocycles. The summed E-state index contributed by atoms with van der Waals surface area (Å²) >= 11 is 4.75. The lowest BCUT2D eigenvalue weighted by Gasteiger charge is -2.01. The third kappa shape index (κ3) is 6.85. The Bertz CT molecular complexity index is 480. The first-order chi connectivity index (χ1) is 7.87. The quantitative estimate of drug-likeness (QED) is 0.749. The number of halogens is 1. The lowest BCUT2D eigenvalue weighted by molar-refractivity contribution is -0.116. The monoisotopic (exact) mass is 336 g/mol. The molecule has 0 spiro atoms. The Morgan fingerprint density at radius 2 is 1.88 bits per heavy atom. The number of hydrogen-bond acceptors (Lipinski definition) is 4. The van der Waals surface area contributed by atoms with Crippen molar-refractivity contribution >= 4 is 43.3 Å². The molecule has 0 fully saturated rings. The minimum atomic E-state index is -3.04. The van der Waals surface area contributed by atoms with Gasteiger partial charge in [-0.15, -0.1) is 11.8 Å². The molecule has 0 aromatic heterocycles. The number of ketones is 1. The zero-order chi connectivity index (χ0) is 12.9. The Morgan fingerprint density at radius 3 is 2.41 bits per heavy atom. The second-order valence-corrected chi connectivity index (χ2v) is 7.89. The molecule has 0 amide bonds. The molecule has 1 rings (SSSR count). The molecular weight excluding hydrogens is 324 g/mol. The molecule has 0 unspecified atom stereocenters. The molecule has 6 heteroatoms. The molecule has 0 aliphatic rings. The highest BCUT2D eigenvalue weighted by Gasteiger charge is 2.08. The van der Waals surface area contributed by atoms with Gasteiger partial charge >= 0.3 is 0 Å². The molecule has 94 valence electrons. The molecule has 0 aliphatic carbocycles. The van der Waals surface area contributed by atoms with E-state index in [1.165, 1.54) is 11.8 Å². The summed E-state index contributed by atoms with van der Waals surface area (Å²) in [6.45, 7) is 0. The van der Waals surface area contributed by atoms with Gasteiger partial charge in [-0.2, -0.15) is 0 Å². The van der Waals surface area contributed by atoms with E-state index in [4.69, 9.17) is 0 Å². The minimum Gasteiger partial charge on any atom is -0.299 e. The van der Waals surface area contributed by atoms with Gasteiger partial charge in [0.15, 0.2) is 0 Å². The van der Waals surface area contributed by atoms with E-state index in [1.54, 1.807) is 0 Å². The van der Waals surface area contributed by atoms with Crippen molar-refractivity contribution < 1.29 is 13.2 Å². The SMILES string of the molecule is CS(=O)(=O)CCC(=O)CSc1ccc(Br)cc1. The van der Waals surface area contributed by atoms with E-state index < -0.39 is 9.84 Å². The summed E-state index contributed by atoms with van der Waals surface area (Å²) in [6, 6.07) is 7.64. The molecule has 3 nitrogen and oxygen atoms in total. The summed E-state index contributed by atoms with van der Waals surface area (Å²) in [7, 11) is -3.04. The van der Waals surface area contributed by atoms with E-state index in [0.29, 0.717) is 5.75 Å². The van der Waals surface area contributed by atoms with Crippen molar-refractivity contribution in [1.29, 1.82) is 0 Å². The molecule has 0 aliphatic heterocycles. The normalized spacial score (nSPS) is 11.4. The highest BCUT2D eigenvalue weighted by atomic mass is 79.9. The Balaban J connectivity index is 2.36. The number of hydrogen-bond donors (Lipinski definition) is 0. The maximum atomic E-state index is 11.4. The zero-order valence-corrected chi connectivity index (χ0v) is 12.6. The van der Waals surface area contributed by atoms with Gasteiger partial charge in [0.1, 0.15) is 15.6 Å². The van der Waals surface area contributed by atoms with Crippen molar-refractivity contribution in [2.45, 2.75) is 11.3 Å². The van der Waals surface area contributed by atoms with Crippen LogP contribution in [0.1, 0.15) is 6.42 Å². The van der Waals surface area contributed by atoms with Crippen LogP contribution in [0.3, 0.4) is 0 Å². The predicted octanol–water partition coefficient (Wildman–Crippen LogP) is 2.55. The van der Waals surface area contributed by atoms with Crippen molar-refractivity contribution in [1.82, 2.24) is 0 Å². The molecule has 17 heavy (non-hydrogen) atoms. The Morgan fingerprint density at radius 1 is 1.29 bits per heavy atom. The third-order valence-corrected chi connectivity index (χ3v) is 4.51. The van der Waals surface area contributed by atoms with E-state index in [9.17, 15) is 13.2 Å². The summed E-state index contributed by atoms with van der Waals surface area (Å²) in [5.41, 5.74) is 0. The molecule has 0 atom stereocenters. The van der Waals surface area contributed by atoms with Gasteiger partial charge in [0.05, 0.1) is 11.5 Å². The molecule has 0 heterocycles. The van der Waals surface area contributed by atoms with Crippen LogP contribution in [0.2, 0.25) is 0 Å². The van der Waals surface area contributed by atoms with Crippen LogP contribution in [0.5, 0.6) is 0 Å². The number of carbonyl (C=O) groups excluding carboxylic acids is 1. The van der Waals surface area contributed by atoms with Crippen LogP contribution in [0.4, 0.5) is 0 Å². The highest BCUT2D eigenvalue weighted by Crippen LogP contribution is 2.20. The standard InChI is InChI=1S/C11H13BrO3S2/c1-17(14,15)7-6-10(13)8-16-11-4-2-9(12)3-5-11/h2-5H,6-8H2,1H3. The minimum absolute atomic E-state index is 0.0386. The van der Waals surface area contributed by atoms with Crippen molar-refractivity contribution in [2.75, 3.05) is 17.8 Å². The van der Waals surface area contributed by atoms with Crippen LogP contribution in [0.25, 0.3) is 0 Å². The van der Waals surface area contributed by atoms with Crippen LogP contribution >= 0.6 is 27.7 Å². The fourth-order valence-corrected chi connectivity index (χ4v) is 2.73. The van der Waals surface area contributed by atoms with Gasteiger partial charge in [0.2, 0.25) is 0 Å². The first-order valence-corrected chi connectivity index (χ1v) is 8.78. The maximum Gasteiger partial charge on any atom is 0.147 e. The lowest BCUT2D eigenvalue weighted by atomic mass is 10.3. The zero-order valence-electron chi connectivity index (χ0n) is 9.35. The van der Waals surface area contributed by atoms with E-state index in [-0.39, 0.29) is 18.0 Å². The predicted molar refractivity (Wildman–Crippen MR) is 74.2 cm³/mol. The molecule has 0 bridgehead atoms. The van der Waals surface area contributed by atoms with Crippen LogP contribution in [0, 0.1) is 0 Å². The van der Waals surface area contributed by atoms with E-state index in [2.05, 4.69) is 15.9 Å². The summed E-state index contributed by atoms with van der Waals surface area (Å²) in [5, 5.41) is 0. The number of benzene rings is 1. The largest absolute Gasteiger partial charge is 0.299 e. The summed E-state index contributed by atoms with van der Waals surface area (Å²) in [6.07, 6.45) is 1.24. The van der Waals surface area contributed by atoms with E-state index >= 15 is 0 Å². The van der Waals surface area contributed by atoms with Crippen LogP contribution in [0.15, 0.2) is 33.6 Å². The average molecular weight is 337 g/mol. The second-order valence-electron chi connectivity index (χ2n) is 3.66. The van der Waals surface area contributed by atoms with E-state index in [1.807, 2.05) is 24.3 Å². The maximum absolute atomic E-state index is 11.4. The number of sulfone groups is 1. The van der Waals surface area contributed by atoms with Gasteiger partial charge in [-0.05, 0) is 24.3 Å². The fourth-order valence-electron chi connectivity index (χ4n) is 1.07. The van der Waals surface area contributed by atoms with Crippen molar-refractivity contribution in [3.8, 4) is 0 Å². The van der Waals surface area contributed by atoms with Crippen molar-refractivity contribution in [3.05, 3.63) is 28.7 Å². The summed E-state index contributed by atoms with van der Waals surface area (Å²) in [5.74, 6) is 0.215. The van der Waals surface area contributed by atoms with Gasteiger partial charge in [0, 0.05) is 22.0 Å². The first-order valence-electron chi connectivity index (χ1n) is 4.94. The van der Waals surface area contributed by atoms with Gasteiger partial charge in [-0.25, -0.2) is 8.42 Å². The smallest absolute Gasteiger partial charge is 0.147 e. The van der Waals surface area contributed by atoms with Gasteiger partial charge in [0.25, 0.3) is 0 Å². The number of Topliss-reactive ketones (excluding diaryl/α,β-unsaturated/α-hetero) is 1. The Labute approximate surface area is 114 Å². The van der Waals surface area contributed by atoms with Crippen molar-refractivity contribution in [2.24, 2.45) is 0 Å². The summed E-state index contributed by atoms with van der Waals surface area (Å²) < 4.78 is 22.8. The Hall–Kier alpha value is -0.330. The highest BCUT2D eigenvalue weighted by molar-refractivity contribution is 9.10. The molecule has 1 aromatic carbocycles. The van der Waals surface area contributed by atoms with Gasteiger partial charge in [-0.1, -0.05) is 15.9 Å². The van der Waals surface area contributed by atoms with Gasteiger partial charge < -0.3 is 0 Å². The van der Waals surface area contributed by atoms with E-state index in [0.717, 1.165) is 15.6 Å². The second kappa shape index (κ2) is 6.56. The fraction of sp³-hybridized carbons (Fsp3) is 0.364. The van der Waals surface area contributed by atoms with Crippen LogP contribution < -0.4 is 0 Å². The first kappa shape index (κ1) is 14.7. The van der Waals surface area contributed by atoms with Crippen LogP contribution in [-0.2, 0) is 14.6 Å². The molecule has 0 N–H and O–H groups in total. The number of rotatable bonds is 6. The number of carbonyl (C=O) groups is 1. The van der Waals surface area contributed by atoms with Gasteiger partial charge in [-0.3, -0.25) is 4.79 Å². The Kier molecular flexibility index (Phi) is 5.69. The van der Waals surface area contributed by atoms with Crippen molar-refractivity contribution in [3.63, 3.8) is 0 Å². The molecular formula is C11H13BrO3S2.